The van der Waals surface area contributed by atoms with Crippen LogP contribution in [0.3, 0.4) is 0 Å². The van der Waals surface area contributed by atoms with Crippen LogP contribution >= 0.6 is 27.5 Å². The Morgan fingerprint density at radius 3 is 2.90 bits per heavy atom. The molecule has 2 aromatic rings. The van der Waals surface area contributed by atoms with Crippen molar-refractivity contribution in [2.24, 2.45) is 0 Å². The van der Waals surface area contributed by atoms with Gasteiger partial charge in [0.1, 0.15) is 12.4 Å². The van der Waals surface area contributed by atoms with Crippen molar-refractivity contribution in [2.75, 3.05) is 0 Å². The van der Waals surface area contributed by atoms with Gasteiger partial charge in [0.05, 0.1) is 16.8 Å². The van der Waals surface area contributed by atoms with Crippen molar-refractivity contribution < 1.29 is 4.74 Å². The molecule has 1 aliphatic carbocycles. The van der Waals surface area contributed by atoms with Gasteiger partial charge in [-0.1, -0.05) is 40.4 Å². The lowest BCUT2D eigenvalue weighted by Gasteiger charge is -2.09. The van der Waals surface area contributed by atoms with Gasteiger partial charge in [-0.25, -0.2) is 0 Å². The zero-order valence-corrected chi connectivity index (χ0v) is 13.4. The molecular formula is C15H16BrClN2O. The van der Waals surface area contributed by atoms with Gasteiger partial charge in [0.15, 0.2) is 0 Å². The van der Waals surface area contributed by atoms with Crippen LogP contribution in [-0.4, -0.2) is 9.78 Å². The molecule has 0 unspecified atom stereocenters. The van der Waals surface area contributed by atoms with E-state index in [1.807, 2.05) is 24.3 Å². The molecule has 1 aromatic heterocycles. The van der Waals surface area contributed by atoms with E-state index in [9.17, 15) is 0 Å². The summed E-state index contributed by atoms with van der Waals surface area (Å²) >= 11 is 9.51. The van der Waals surface area contributed by atoms with Crippen LogP contribution < -0.4 is 4.74 Å². The second kappa shape index (κ2) is 6.19. The lowest BCUT2D eigenvalue weighted by Crippen LogP contribution is -2.06. The van der Waals surface area contributed by atoms with E-state index in [0.717, 1.165) is 10.2 Å². The predicted molar refractivity (Wildman–Crippen MR) is 83.2 cm³/mol. The predicted octanol–water partition coefficient (Wildman–Crippen LogP) is 4.99. The second-order valence-electron chi connectivity index (χ2n) is 5.09. The van der Waals surface area contributed by atoms with E-state index in [4.69, 9.17) is 16.3 Å². The third-order valence-electron chi connectivity index (χ3n) is 3.63. The number of ether oxygens (including phenoxy) is 1. The Morgan fingerprint density at radius 1 is 1.30 bits per heavy atom. The number of hydrogen-bond donors (Lipinski definition) is 0. The Kier molecular flexibility index (Phi) is 4.32. The minimum Gasteiger partial charge on any atom is -0.486 e. The van der Waals surface area contributed by atoms with Crippen LogP contribution in [-0.2, 0) is 6.61 Å². The van der Waals surface area contributed by atoms with Gasteiger partial charge >= 0.3 is 0 Å². The van der Waals surface area contributed by atoms with Crippen molar-refractivity contribution >= 4 is 27.5 Å². The van der Waals surface area contributed by atoms with Gasteiger partial charge in [-0.15, -0.1) is 0 Å². The molecule has 5 heteroatoms. The fourth-order valence-corrected chi connectivity index (χ4v) is 3.08. The minimum absolute atomic E-state index is 0.440. The summed E-state index contributed by atoms with van der Waals surface area (Å²) in [6, 6.07) is 8.17. The first-order valence-corrected chi connectivity index (χ1v) is 8.01. The fraction of sp³-hybridized carbons (Fsp3) is 0.400. The lowest BCUT2D eigenvalue weighted by atomic mass is 10.3. The molecule has 1 fully saturated rings. The van der Waals surface area contributed by atoms with Crippen molar-refractivity contribution in [3.63, 3.8) is 0 Å². The summed E-state index contributed by atoms with van der Waals surface area (Å²) in [5.41, 5.74) is 0.938. The number of benzene rings is 1. The van der Waals surface area contributed by atoms with Gasteiger partial charge in [0, 0.05) is 10.7 Å². The maximum Gasteiger partial charge on any atom is 0.139 e. The van der Waals surface area contributed by atoms with Gasteiger partial charge in [-0.3, -0.25) is 4.68 Å². The molecule has 0 N–H and O–H groups in total. The maximum atomic E-state index is 6.10. The van der Waals surface area contributed by atoms with Crippen molar-refractivity contribution in [3.05, 3.63) is 45.7 Å². The first kappa shape index (κ1) is 14.0. The molecule has 0 radical (unpaired) electrons. The largest absolute Gasteiger partial charge is 0.486 e. The van der Waals surface area contributed by atoms with Crippen molar-refractivity contribution in [1.29, 1.82) is 0 Å². The van der Waals surface area contributed by atoms with Crippen LogP contribution in [0.2, 0.25) is 5.02 Å². The van der Waals surface area contributed by atoms with Crippen molar-refractivity contribution in [2.45, 2.75) is 38.3 Å². The molecule has 0 bridgehead atoms. The lowest BCUT2D eigenvalue weighted by molar-refractivity contribution is 0.298. The molecule has 3 nitrogen and oxygen atoms in total. The first-order valence-electron chi connectivity index (χ1n) is 6.84. The highest BCUT2D eigenvalue weighted by atomic mass is 79.9. The molecule has 0 spiro atoms. The van der Waals surface area contributed by atoms with E-state index in [1.54, 1.807) is 0 Å². The molecule has 0 saturated heterocycles. The van der Waals surface area contributed by atoms with Gasteiger partial charge in [0.2, 0.25) is 0 Å². The summed E-state index contributed by atoms with van der Waals surface area (Å²) in [6.45, 7) is 0.440. The van der Waals surface area contributed by atoms with E-state index in [0.29, 0.717) is 23.4 Å². The molecule has 1 saturated carbocycles. The van der Waals surface area contributed by atoms with Crippen molar-refractivity contribution in [3.8, 4) is 5.75 Å². The van der Waals surface area contributed by atoms with E-state index in [2.05, 4.69) is 31.9 Å². The summed E-state index contributed by atoms with van der Waals surface area (Å²) in [6.07, 6.45) is 7.14. The fourth-order valence-electron chi connectivity index (χ4n) is 2.57. The molecule has 3 rings (SSSR count). The SMILES string of the molecule is Clc1ccc(Br)cc1OCc1ccn(C2CCCC2)n1. The standard InChI is InChI=1S/C15H16BrClN2O/c16-11-5-6-14(17)15(9-11)20-10-12-7-8-19(18-12)13-3-1-2-4-13/h5-9,13H,1-4,10H2. The maximum absolute atomic E-state index is 6.10. The minimum atomic E-state index is 0.440. The zero-order chi connectivity index (χ0) is 13.9. The van der Waals surface area contributed by atoms with Gasteiger partial charge in [-0.05, 0) is 37.1 Å². The number of halogens is 2. The quantitative estimate of drug-likeness (QED) is 0.772. The Hall–Kier alpha value is -1.00. The Labute approximate surface area is 132 Å². The van der Waals surface area contributed by atoms with Gasteiger partial charge < -0.3 is 4.74 Å². The zero-order valence-electron chi connectivity index (χ0n) is 11.1. The summed E-state index contributed by atoms with van der Waals surface area (Å²) in [5.74, 6) is 0.677. The number of aromatic nitrogens is 2. The molecule has 20 heavy (non-hydrogen) atoms. The smallest absolute Gasteiger partial charge is 0.139 e. The van der Waals surface area contributed by atoms with E-state index < -0.39 is 0 Å². The Bertz CT molecular complexity index is 593. The van der Waals surface area contributed by atoms with Crippen LogP contribution in [0.15, 0.2) is 34.9 Å². The average Bonchev–Trinajstić information content (AvgIpc) is 3.09. The first-order chi connectivity index (χ1) is 9.72. The van der Waals surface area contributed by atoms with Gasteiger partial charge in [-0.2, -0.15) is 5.10 Å². The van der Waals surface area contributed by atoms with E-state index in [1.165, 1.54) is 25.7 Å². The van der Waals surface area contributed by atoms with E-state index in [-0.39, 0.29) is 0 Å². The Balaban J connectivity index is 1.64. The monoisotopic (exact) mass is 354 g/mol. The summed E-state index contributed by atoms with van der Waals surface area (Å²) < 4.78 is 8.77. The molecule has 0 atom stereocenters. The van der Waals surface area contributed by atoms with Crippen LogP contribution in [0.1, 0.15) is 37.4 Å². The molecule has 0 amide bonds. The summed E-state index contributed by atoms with van der Waals surface area (Å²) in [7, 11) is 0. The van der Waals surface area contributed by atoms with Gasteiger partial charge in [0.25, 0.3) is 0 Å². The number of rotatable bonds is 4. The second-order valence-corrected chi connectivity index (χ2v) is 6.41. The van der Waals surface area contributed by atoms with Crippen LogP contribution in [0.4, 0.5) is 0 Å². The molecule has 1 heterocycles. The Morgan fingerprint density at radius 2 is 2.10 bits per heavy atom. The number of hydrogen-bond acceptors (Lipinski definition) is 2. The topological polar surface area (TPSA) is 27.1 Å². The molecule has 106 valence electrons. The van der Waals surface area contributed by atoms with Crippen molar-refractivity contribution in [1.82, 2.24) is 9.78 Å². The highest BCUT2D eigenvalue weighted by molar-refractivity contribution is 9.10. The third kappa shape index (κ3) is 3.18. The summed E-state index contributed by atoms with van der Waals surface area (Å²) in [5, 5.41) is 5.21. The number of nitrogens with zero attached hydrogens (tertiary/aromatic N) is 2. The molecule has 1 aromatic carbocycles. The third-order valence-corrected chi connectivity index (χ3v) is 4.44. The van der Waals surface area contributed by atoms with Crippen LogP contribution in [0.5, 0.6) is 5.75 Å². The molecule has 0 aliphatic heterocycles. The molecular weight excluding hydrogens is 340 g/mol. The summed E-state index contributed by atoms with van der Waals surface area (Å²) in [4.78, 5) is 0. The molecule has 1 aliphatic rings. The van der Waals surface area contributed by atoms with Crippen LogP contribution in [0.25, 0.3) is 0 Å². The van der Waals surface area contributed by atoms with Crippen LogP contribution in [0, 0.1) is 0 Å². The normalized spacial score (nSPS) is 15.7. The van der Waals surface area contributed by atoms with E-state index >= 15 is 0 Å². The average molecular weight is 356 g/mol. The highest BCUT2D eigenvalue weighted by Gasteiger charge is 2.17. The highest BCUT2D eigenvalue weighted by Crippen LogP contribution is 2.30.